The lowest BCUT2D eigenvalue weighted by Crippen LogP contribution is -2.09. The predicted octanol–water partition coefficient (Wildman–Crippen LogP) is 13.8. The summed E-state index contributed by atoms with van der Waals surface area (Å²) in [4.78, 5) is 2.31. The summed E-state index contributed by atoms with van der Waals surface area (Å²) in [5.74, 6) is 0. The second-order valence-corrected chi connectivity index (χ2v) is 13.0. The highest BCUT2D eigenvalue weighted by Crippen LogP contribution is 2.40. The number of benzene rings is 9. The number of para-hydroxylation sites is 1. The van der Waals surface area contributed by atoms with Crippen molar-refractivity contribution in [2.45, 2.75) is 0 Å². The molecule has 2 heteroatoms. The molecule has 10 rings (SSSR count). The lowest BCUT2D eigenvalue weighted by Gasteiger charge is -2.26. The molecule has 0 radical (unpaired) electrons. The second-order valence-electron chi connectivity index (χ2n) is 13.0. The largest absolute Gasteiger partial charge is 0.456 e. The Hall–Kier alpha value is -6.64. The molecule has 0 aliphatic heterocycles. The monoisotopic (exact) mass is 637 g/mol. The Bertz CT molecular complexity index is 2840. The van der Waals surface area contributed by atoms with E-state index in [2.05, 4.69) is 181 Å². The molecular weight excluding hydrogens is 607 g/mol. The molecule has 0 atom stereocenters. The molecule has 1 aromatic heterocycles. The van der Waals surface area contributed by atoms with Crippen LogP contribution in [0.3, 0.4) is 0 Å². The van der Waals surface area contributed by atoms with Gasteiger partial charge in [-0.15, -0.1) is 0 Å². The van der Waals surface area contributed by atoms with E-state index in [1.165, 1.54) is 54.6 Å². The second kappa shape index (κ2) is 11.5. The first-order valence-corrected chi connectivity index (χ1v) is 17.1. The summed E-state index contributed by atoms with van der Waals surface area (Å²) >= 11 is 0. The lowest BCUT2D eigenvalue weighted by atomic mass is 9.94. The minimum absolute atomic E-state index is 0.877. The molecule has 0 aliphatic carbocycles. The molecule has 0 unspecified atom stereocenters. The Morgan fingerprint density at radius 2 is 0.820 bits per heavy atom. The van der Waals surface area contributed by atoms with Crippen molar-refractivity contribution < 1.29 is 4.42 Å². The van der Waals surface area contributed by atoms with Crippen LogP contribution >= 0.6 is 0 Å². The van der Waals surface area contributed by atoms with E-state index in [0.717, 1.165) is 39.0 Å². The van der Waals surface area contributed by atoms with Crippen LogP contribution in [0.4, 0.5) is 17.1 Å². The minimum atomic E-state index is 0.877. The van der Waals surface area contributed by atoms with Gasteiger partial charge in [-0.3, -0.25) is 0 Å². The molecule has 0 saturated heterocycles. The van der Waals surface area contributed by atoms with E-state index in [1.807, 2.05) is 12.1 Å². The van der Waals surface area contributed by atoms with Crippen molar-refractivity contribution in [2.24, 2.45) is 0 Å². The molecule has 50 heavy (non-hydrogen) atoms. The van der Waals surface area contributed by atoms with E-state index < -0.39 is 0 Å². The van der Waals surface area contributed by atoms with Crippen molar-refractivity contribution in [1.29, 1.82) is 0 Å². The van der Waals surface area contributed by atoms with Gasteiger partial charge in [-0.2, -0.15) is 0 Å². The van der Waals surface area contributed by atoms with Crippen molar-refractivity contribution in [2.75, 3.05) is 4.90 Å². The van der Waals surface area contributed by atoms with E-state index >= 15 is 0 Å². The third kappa shape index (κ3) is 4.73. The summed E-state index contributed by atoms with van der Waals surface area (Å²) < 4.78 is 6.33. The zero-order valence-corrected chi connectivity index (χ0v) is 27.3. The standard InChI is InChI=1S/C48H31NO/c1-2-8-32(9-3-1)33-20-24-39(25-21-33)49(41-28-29-44-43-12-6-7-13-46(43)50-47(44)31-41)40-26-22-34(23-27-40)38-19-16-36-15-18-37-17-14-35-10-4-5-11-42(35)48(37)45(36)30-38/h1-31H. The first kappa shape index (κ1) is 28.4. The molecule has 0 fully saturated rings. The topological polar surface area (TPSA) is 16.4 Å². The molecule has 9 aromatic carbocycles. The smallest absolute Gasteiger partial charge is 0.137 e. The Morgan fingerprint density at radius 3 is 1.58 bits per heavy atom. The molecule has 234 valence electrons. The maximum absolute atomic E-state index is 6.33. The Morgan fingerprint density at radius 1 is 0.300 bits per heavy atom. The summed E-state index contributed by atoms with van der Waals surface area (Å²) in [5.41, 5.74) is 9.75. The Balaban J connectivity index is 1.08. The zero-order valence-electron chi connectivity index (χ0n) is 27.3. The van der Waals surface area contributed by atoms with Crippen LogP contribution in [-0.4, -0.2) is 0 Å². The van der Waals surface area contributed by atoms with Gasteiger partial charge in [-0.1, -0.05) is 133 Å². The molecule has 0 amide bonds. The van der Waals surface area contributed by atoms with Crippen LogP contribution in [0.1, 0.15) is 0 Å². The van der Waals surface area contributed by atoms with E-state index in [9.17, 15) is 0 Å². The van der Waals surface area contributed by atoms with Crippen molar-refractivity contribution >= 4 is 71.3 Å². The lowest BCUT2D eigenvalue weighted by molar-refractivity contribution is 0.669. The molecule has 0 spiro atoms. The fourth-order valence-corrected chi connectivity index (χ4v) is 7.54. The molecule has 0 bridgehead atoms. The van der Waals surface area contributed by atoms with Crippen LogP contribution in [0.5, 0.6) is 0 Å². The number of hydrogen-bond donors (Lipinski definition) is 0. The number of rotatable bonds is 5. The quantitative estimate of drug-likeness (QED) is 0.175. The van der Waals surface area contributed by atoms with E-state index in [0.29, 0.717) is 0 Å². The first-order chi connectivity index (χ1) is 24.8. The van der Waals surface area contributed by atoms with Gasteiger partial charge in [0.1, 0.15) is 11.2 Å². The van der Waals surface area contributed by atoms with E-state index in [4.69, 9.17) is 4.42 Å². The number of anilines is 3. The third-order valence-electron chi connectivity index (χ3n) is 10.0. The molecule has 0 saturated carbocycles. The van der Waals surface area contributed by atoms with Crippen LogP contribution in [0.25, 0.3) is 76.5 Å². The van der Waals surface area contributed by atoms with Crippen molar-refractivity contribution in [3.8, 4) is 22.3 Å². The van der Waals surface area contributed by atoms with Gasteiger partial charge < -0.3 is 9.32 Å². The minimum Gasteiger partial charge on any atom is -0.456 e. The number of nitrogens with zero attached hydrogens (tertiary/aromatic N) is 1. The number of fused-ring (bicyclic) bond motifs is 8. The molecule has 2 nitrogen and oxygen atoms in total. The third-order valence-corrected chi connectivity index (χ3v) is 10.0. The maximum Gasteiger partial charge on any atom is 0.137 e. The van der Waals surface area contributed by atoms with Crippen LogP contribution in [0.2, 0.25) is 0 Å². The van der Waals surface area contributed by atoms with Gasteiger partial charge in [0, 0.05) is 33.9 Å². The van der Waals surface area contributed by atoms with Crippen LogP contribution in [0, 0.1) is 0 Å². The average molecular weight is 638 g/mol. The van der Waals surface area contributed by atoms with Crippen molar-refractivity contribution in [3.63, 3.8) is 0 Å². The van der Waals surface area contributed by atoms with Gasteiger partial charge in [0.05, 0.1) is 0 Å². The fourth-order valence-electron chi connectivity index (χ4n) is 7.54. The van der Waals surface area contributed by atoms with Gasteiger partial charge in [-0.25, -0.2) is 0 Å². The normalized spacial score (nSPS) is 11.6. The summed E-state index contributed by atoms with van der Waals surface area (Å²) in [7, 11) is 0. The highest BCUT2D eigenvalue weighted by molar-refractivity contribution is 6.20. The van der Waals surface area contributed by atoms with Gasteiger partial charge in [-0.05, 0) is 103 Å². The Labute approximate surface area is 290 Å². The summed E-state index contributed by atoms with van der Waals surface area (Å²) in [6.45, 7) is 0. The van der Waals surface area contributed by atoms with Crippen molar-refractivity contribution in [1.82, 2.24) is 0 Å². The highest BCUT2D eigenvalue weighted by Gasteiger charge is 2.16. The zero-order chi connectivity index (χ0) is 33.0. The summed E-state index contributed by atoms with van der Waals surface area (Å²) in [5, 5.41) is 9.91. The SMILES string of the molecule is c1ccc(-c2ccc(N(c3ccc(-c4ccc5ccc6ccc7ccccc7c6c5c4)cc3)c3ccc4c(c3)oc3ccccc34)cc2)cc1. The van der Waals surface area contributed by atoms with E-state index in [1.54, 1.807) is 0 Å². The molecule has 10 aromatic rings. The molecule has 1 heterocycles. The van der Waals surface area contributed by atoms with Crippen molar-refractivity contribution in [3.05, 3.63) is 188 Å². The highest BCUT2D eigenvalue weighted by atomic mass is 16.3. The maximum atomic E-state index is 6.33. The van der Waals surface area contributed by atoms with Gasteiger partial charge >= 0.3 is 0 Å². The van der Waals surface area contributed by atoms with Gasteiger partial charge in [0.2, 0.25) is 0 Å². The average Bonchev–Trinajstić information content (AvgIpc) is 3.56. The molecule has 0 N–H and O–H groups in total. The number of furan rings is 1. The van der Waals surface area contributed by atoms with Gasteiger partial charge in [0.15, 0.2) is 0 Å². The van der Waals surface area contributed by atoms with Crippen LogP contribution < -0.4 is 4.90 Å². The van der Waals surface area contributed by atoms with E-state index in [-0.39, 0.29) is 0 Å². The van der Waals surface area contributed by atoms with Crippen LogP contribution in [0.15, 0.2) is 192 Å². The number of hydrogen-bond acceptors (Lipinski definition) is 2. The summed E-state index contributed by atoms with van der Waals surface area (Å²) in [6.07, 6.45) is 0. The fraction of sp³-hybridized carbons (Fsp3) is 0. The molecular formula is C48H31NO. The first-order valence-electron chi connectivity index (χ1n) is 17.1. The van der Waals surface area contributed by atoms with Gasteiger partial charge in [0.25, 0.3) is 0 Å². The van der Waals surface area contributed by atoms with Crippen LogP contribution in [-0.2, 0) is 0 Å². The predicted molar refractivity (Wildman–Crippen MR) is 212 cm³/mol. The Kier molecular flexibility index (Phi) is 6.53. The summed E-state index contributed by atoms with van der Waals surface area (Å²) in [6, 6.07) is 67.5. The molecule has 0 aliphatic rings.